The average molecular weight is 253 g/mol. The van der Waals surface area contributed by atoms with Crippen molar-refractivity contribution in [2.24, 2.45) is 5.92 Å². The number of aldehydes is 1. The summed E-state index contributed by atoms with van der Waals surface area (Å²) in [6, 6.07) is 0. The smallest absolute Gasteiger partial charge is 0.240 e. The van der Waals surface area contributed by atoms with Crippen molar-refractivity contribution < 1.29 is 9.59 Å². The first kappa shape index (κ1) is 12.2. The Hall–Kier alpha value is -1.27. The lowest BCUT2D eigenvalue weighted by Gasteiger charge is -2.28. The van der Waals surface area contributed by atoms with Crippen molar-refractivity contribution in [3.63, 3.8) is 0 Å². The summed E-state index contributed by atoms with van der Waals surface area (Å²) in [6.45, 7) is 2.01. The summed E-state index contributed by atoms with van der Waals surface area (Å²) < 4.78 is 0. The topological polar surface area (TPSA) is 62.3 Å². The minimum Gasteiger partial charge on any atom is -0.303 e. The predicted molar refractivity (Wildman–Crippen MR) is 66.0 cm³/mol. The number of nitrogens with zero attached hydrogens (tertiary/aromatic N) is 2. The number of amides is 1. The molecule has 92 valence electrons. The SMILES string of the molecule is O=CC1CCN(CC(=O)Nc2nccs2)CC1. The molecule has 6 heteroatoms. The highest BCUT2D eigenvalue weighted by molar-refractivity contribution is 7.13. The summed E-state index contributed by atoms with van der Waals surface area (Å²) in [5, 5.41) is 5.21. The van der Waals surface area contributed by atoms with Gasteiger partial charge in [0, 0.05) is 17.5 Å². The lowest BCUT2D eigenvalue weighted by Crippen LogP contribution is -2.39. The quantitative estimate of drug-likeness (QED) is 0.813. The molecule has 0 aliphatic carbocycles. The predicted octanol–water partition coefficient (Wildman–Crippen LogP) is 0.992. The Labute approximate surface area is 104 Å². The van der Waals surface area contributed by atoms with E-state index in [4.69, 9.17) is 0 Å². The van der Waals surface area contributed by atoms with Crippen LogP contribution < -0.4 is 5.32 Å². The van der Waals surface area contributed by atoms with Crippen LogP contribution in [0.5, 0.6) is 0 Å². The van der Waals surface area contributed by atoms with Crippen LogP contribution in [0, 0.1) is 5.92 Å². The molecule has 1 fully saturated rings. The number of hydrogen-bond donors (Lipinski definition) is 1. The molecule has 0 spiro atoms. The molecule has 1 aromatic heterocycles. The van der Waals surface area contributed by atoms with Crippen LogP contribution in [-0.2, 0) is 9.59 Å². The third kappa shape index (κ3) is 3.61. The second kappa shape index (κ2) is 5.88. The molecule has 1 aliphatic rings. The monoisotopic (exact) mass is 253 g/mol. The van der Waals surface area contributed by atoms with Gasteiger partial charge in [0.1, 0.15) is 6.29 Å². The zero-order chi connectivity index (χ0) is 12.1. The van der Waals surface area contributed by atoms with Gasteiger partial charge in [-0.25, -0.2) is 4.98 Å². The fraction of sp³-hybridized carbons (Fsp3) is 0.545. The van der Waals surface area contributed by atoms with Crippen LogP contribution in [-0.4, -0.2) is 41.7 Å². The summed E-state index contributed by atoms with van der Waals surface area (Å²) >= 11 is 1.41. The van der Waals surface area contributed by atoms with Crippen molar-refractivity contribution in [1.82, 2.24) is 9.88 Å². The van der Waals surface area contributed by atoms with Gasteiger partial charge in [-0.05, 0) is 25.9 Å². The summed E-state index contributed by atoms with van der Waals surface area (Å²) in [6.07, 6.45) is 4.39. The van der Waals surface area contributed by atoms with Gasteiger partial charge in [0.2, 0.25) is 5.91 Å². The van der Waals surface area contributed by atoms with Gasteiger partial charge >= 0.3 is 0 Å². The number of nitrogens with one attached hydrogen (secondary N) is 1. The van der Waals surface area contributed by atoms with Gasteiger partial charge in [0.15, 0.2) is 5.13 Å². The molecule has 0 saturated carbocycles. The van der Waals surface area contributed by atoms with Crippen molar-refractivity contribution in [2.75, 3.05) is 25.0 Å². The minimum atomic E-state index is -0.0375. The number of aromatic nitrogens is 1. The van der Waals surface area contributed by atoms with Crippen molar-refractivity contribution in [3.05, 3.63) is 11.6 Å². The number of thiazole rings is 1. The fourth-order valence-electron chi connectivity index (χ4n) is 1.89. The lowest BCUT2D eigenvalue weighted by atomic mass is 9.99. The van der Waals surface area contributed by atoms with E-state index >= 15 is 0 Å². The Morgan fingerprint density at radius 3 is 2.94 bits per heavy atom. The van der Waals surface area contributed by atoms with E-state index in [2.05, 4.69) is 15.2 Å². The number of carbonyl (C=O) groups is 2. The number of carbonyl (C=O) groups excluding carboxylic acids is 2. The molecule has 0 aromatic carbocycles. The van der Waals surface area contributed by atoms with Crippen molar-refractivity contribution >= 4 is 28.7 Å². The van der Waals surface area contributed by atoms with Crippen LogP contribution in [0.4, 0.5) is 5.13 Å². The molecule has 1 saturated heterocycles. The second-order valence-electron chi connectivity index (χ2n) is 4.14. The molecule has 1 N–H and O–H groups in total. The van der Waals surface area contributed by atoms with Gasteiger partial charge in [-0.2, -0.15) is 0 Å². The van der Waals surface area contributed by atoms with E-state index in [1.807, 2.05) is 5.38 Å². The first-order valence-corrected chi connectivity index (χ1v) is 6.53. The summed E-state index contributed by atoms with van der Waals surface area (Å²) in [5.74, 6) is 0.137. The maximum absolute atomic E-state index is 11.7. The number of rotatable bonds is 4. The molecule has 0 bridgehead atoms. The molecular formula is C11H15N3O2S. The number of likely N-dealkylation sites (tertiary alicyclic amines) is 1. The molecule has 1 aromatic rings. The third-order valence-electron chi connectivity index (χ3n) is 2.87. The molecule has 0 unspecified atom stereocenters. The number of anilines is 1. The first-order valence-electron chi connectivity index (χ1n) is 5.65. The highest BCUT2D eigenvalue weighted by Crippen LogP contribution is 2.15. The van der Waals surface area contributed by atoms with E-state index in [0.717, 1.165) is 32.2 Å². The summed E-state index contributed by atoms with van der Waals surface area (Å²) in [4.78, 5) is 28.3. The van der Waals surface area contributed by atoms with E-state index in [1.54, 1.807) is 6.20 Å². The zero-order valence-corrected chi connectivity index (χ0v) is 10.3. The van der Waals surface area contributed by atoms with Gasteiger partial charge in [-0.15, -0.1) is 11.3 Å². The van der Waals surface area contributed by atoms with Gasteiger partial charge < -0.3 is 10.1 Å². The van der Waals surface area contributed by atoms with Gasteiger partial charge in [-0.1, -0.05) is 0 Å². The van der Waals surface area contributed by atoms with Crippen LogP contribution in [0.25, 0.3) is 0 Å². The normalized spacial score (nSPS) is 17.9. The second-order valence-corrected chi connectivity index (χ2v) is 5.03. The van der Waals surface area contributed by atoms with Crippen LogP contribution in [0.15, 0.2) is 11.6 Å². The molecular weight excluding hydrogens is 238 g/mol. The Bertz CT molecular complexity index is 372. The molecule has 1 amide bonds. The lowest BCUT2D eigenvalue weighted by molar-refractivity contribution is -0.117. The highest BCUT2D eigenvalue weighted by Gasteiger charge is 2.20. The summed E-state index contributed by atoms with van der Waals surface area (Å²) in [5.41, 5.74) is 0. The summed E-state index contributed by atoms with van der Waals surface area (Å²) in [7, 11) is 0. The fourth-order valence-corrected chi connectivity index (χ4v) is 2.44. The standard InChI is InChI=1S/C11H15N3O2S/c15-8-9-1-4-14(5-2-9)7-10(16)13-11-12-3-6-17-11/h3,6,8-9H,1-2,4-5,7H2,(H,12,13,16). The van der Waals surface area contributed by atoms with Crippen LogP contribution in [0.3, 0.4) is 0 Å². The van der Waals surface area contributed by atoms with Crippen LogP contribution in [0.1, 0.15) is 12.8 Å². The van der Waals surface area contributed by atoms with Crippen LogP contribution in [0.2, 0.25) is 0 Å². The highest BCUT2D eigenvalue weighted by atomic mass is 32.1. The Kier molecular flexibility index (Phi) is 4.22. The maximum Gasteiger partial charge on any atom is 0.240 e. The third-order valence-corrected chi connectivity index (χ3v) is 3.56. The number of hydrogen-bond acceptors (Lipinski definition) is 5. The molecule has 0 radical (unpaired) electrons. The first-order chi connectivity index (χ1) is 8.28. The molecule has 0 atom stereocenters. The van der Waals surface area contributed by atoms with Gasteiger partial charge in [-0.3, -0.25) is 9.69 Å². The van der Waals surface area contributed by atoms with E-state index in [1.165, 1.54) is 11.3 Å². The van der Waals surface area contributed by atoms with Crippen molar-refractivity contribution in [3.8, 4) is 0 Å². The van der Waals surface area contributed by atoms with Crippen molar-refractivity contribution in [2.45, 2.75) is 12.8 Å². The van der Waals surface area contributed by atoms with E-state index in [9.17, 15) is 9.59 Å². The average Bonchev–Trinajstić information content (AvgIpc) is 2.82. The van der Waals surface area contributed by atoms with Gasteiger partial charge in [0.25, 0.3) is 0 Å². The van der Waals surface area contributed by atoms with Crippen molar-refractivity contribution in [1.29, 1.82) is 0 Å². The van der Waals surface area contributed by atoms with Crippen LogP contribution >= 0.6 is 11.3 Å². The molecule has 2 heterocycles. The maximum atomic E-state index is 11.7. The van der Waals surface area contributed by atoms with E-state index in [0.29, 0.717) is 11.7 Å². The minimum absolute atomic E-state index is 0.0375. The van der Waals surface area contributed by atoms with E-state index in [-0.39, 0.29) is 11.8 Å². The zero-order valence-electron chi connectivity index (χ0n) is 9.46. The molecule has 1 aliphatic heterocycles. The Morgan fingerprint density at radius 1 is 1.59 bits per heavy atom. The van der Waals surface area contributed by atoms with Gasteiger partial charge in [0.05, 0.1) is 6.54 Å². The molecule has 5 nitrogen and oxygen atoms in total. The Balaban J connectivity index is 1.74. The largest absolute Gasteiger partial charge is 0.303 e. The molecule has 17 heavy (non-hydrogen) atoms. The molecule has 2 rings (SSSR count). The Morgan fingerprint density at radius 2 is 2.35 bits per heavy atom. The number of piperidine rings is 1. The van der Waals surface area contributed by atoms with E-state index < -0.39 is 0 Å².